The summed E-state index contributed by atoms with van der Waals surface area (Å²) in [6, 6.07) is -0.637. The molecule has 35 heavy (non-hydrogen) atoms. The van der Waals surface area contributed by atoms with Crippen molar-refractivity contribution >= 4 is 23.2 Å². The molecule has 0 radical (unpaired) electrons. The summed E-state index contributed by atoms with van der Waals surface area (Å²) < 4.78 is 39.4. The van der Waals surface area contributed by atoms with Gasteiger partial charge in [-0.1, -0.05) is 0 Å². The molecule has 0 bridgehead atoms. The molecule has 14 heteroatoms. The van der Waals surface area contributed by atoms with E-state index in [9.17, 15) is 22.8 Å². The highest BCUT2D eigenvalue weighted by molar-refractivity contribution is 5.75. The van der Waals surface area contributed by atoms with Crippen LogP contribution < -0.4 is 26.2 Å². The van der Waals surface area contributed by atoms with Crippen molar-refractivity contribution < 1.29 is 22.8 Å². The maximum atomic E-state index is 13.1. The number of alkyl halides is 3. The van der Waals surface area contributed by atoms with Crippen molar-refractivity contribution in [2.45, 2.75) is 38.4 Å². The van der Waals surface area contributed by atoms with Gasteiger partial charge in [0.05, 0.1) is 36.6 Å². The highest BCUT2D eigenvalue weighted by Crippen LogP contribution is 2.31. The van der Waals surface area contributed by atoms with Crippen molar-refractivity contribution in [1.82, 2.24) is 25.6 Å². The summed E-state index contributed by atoms with van der Waals surface area (Å²) in [7, 11) is 3.84. The molecule has 1 saturated heterocycles. The van der Waals surface area contributed by atoms with E-state index in [1.807, 2.05) is 19.0 Å². The fourth-order valence-electron chi connectivity index (χ4n) is 3.69. The van der Waals surface area contributed by atoms with Gasteiger partial charge in [-0.3, -0.25) is 14.4 Å². The van der Waals surface area contributed by atoms with E-state index in [-0.39, 0.29) is 24.9 Å². The molecular formula is C21H29F3N8O3. The quantitative estimate of drug-likeness (QED) is 0.443. The lowest BCUT2D eigenvalue weighted by atomic mass is 9.93. The number of rotatable bonds is 9. The number of aromatic amines is 1. The van der Waals surface area contributed by atoms with Crippen molar-refractivity contribution in [2.75, 3.05) is 48.9 Å². The molecule has 1 atom stereocenters. The molecule has 192 valence electrons. The first-order valence-electron chi connectivity index (χ1n) is 11.1. The summed E-state index contributed by atoms with van der Waals surface area (Å²) in [6.45, 7) is 2.89. The van der Waals surface area contributed by atoms with Crippen LogP contribution in [0.5, 0.6) is 0 Å². The third-order valence-corrected chi connectivity index (χ3v) is 5.57. The number of aromatic nitrogens is 4. The number of carbonyl (C=O) groups is 1. The van der Waals surface area contributed by atoms with Gasteiger partial charge in [-0.15, -0.1) is 0 Å². The van der Waals surface area contributed by atoms with Crippen molar-refractivity contribution in [2.24, 2.45) is 5.92 Å². The second-order valence-corrected chi connectivity index (χ2v) is 8.64. The number of piperidine rings is 1. The highest BCUT2D eigenvalue weighted by atomic mass is 19.4. The van der Waals surface area contributed by atoms with Crippen molar-refractivity contribution in [3.63, 3.8) is 0 Å². The van der Waals surface area contributed by atoms with Crippen molar-refractivity contribution in [3.8, 4) is 0 Å². The molecule has 0 unspecified atom stereocenters. The number of halogens is 3. The molecule has 1 amide bonds. The minimum absolute atomic E-state index is 0.117. The van der Waals surface area contributed by atoms with Gasteiger partial charge in [-0.05, 0) is 25.7 Å². The second kappa shape index (κ2) is 11.3. The summed E-state index contributed by atoms with van der Waals surface area (Å²) in [5, 5.41) is 7.71. The standard InChI is InChI=1S/C21H29F3N8O3/c1-13(28-16-11-27-29-19(34)18(16)21(22,23)24)12-35-30-17(33)8-14-4-6-32(7-5-14)20-25-9-15(10-26-20)31(2)3/h9-11,13-14H,4-8,12H2,1-3H3,(H,30,33)(H2,28,29,34)/t13-/m0/s1. The number of nitrogens with one attached hydrogen (secondary N) is 3. The maximum Gasteiger partial charge on any atom is 0.423 e. The summed E-state index contributed by atoms with van der Waals surface area (Å²) in [5.41, 5.74) is 0.0816. The Kier molecular flexibility index (Phi) is 8.48. The maximum absolute atomic E-state index is 13.1. The molecule has 1 aliphatic rings. The van der Waals surface area contributed by atoms with Crippen molar-refractivity contribution in [1.29, 1.82) is 0 Å². The van der Waals surface area contributed by atoms with Gasteiger partial charge in [0.15, 0.2) is 0 Å². The Hall–Kier alpha value is -3.42. The molecule has 2 aromatic heterocycles. The van der Waals surface area contributed by atoms with Crippen LogP contribution in [-0.4, -0.2) is 65.9 Å². The van der Waals surface area contributed by atoms with Crippen LogP contribution in [0.3, 0.4) is 0 Å². The van der Waals surface area contributed by atoms with Crippen LogP contribution in [0.1, 0.15) is 31.7 Å². The van der Waals surface area contributed by atoms with E-state index in [0.717, 1.165) is 37.8 Å². The fraction of sp³-hybridized carbons (Fsp3) is 0.571. The average Bonchev–Trinajstić information content (AvgIpc) is 2.79. The number of anilines is 3. The number of hydrogen-bond acceptors (Lipinski definition) is 9. The molecular weight excluding hydrogens is 469 g/mol. The average molecular weight is 499 g/mol. The van der Waals surface area contributed by atoms with Crippen LogP contribution in [0.25, 0.3) is 0 Å². The van der Waals surface area contributed by atoms with Gasteiger partial charge in [0.25, 0.3) is 5.56 Å². The molecule has 0 aromatic carbocycles. The molecule has 3 rings (SSSR count). The zero-order chi connectivity index (χ0) is 25.6. The van der Waals surface area contributed by atoms with E-state index >= 15 is 0 Å². The predicted molar refractivity (Wildman–Crippen MR) is 123 cm³/mol. The molecule has 0 saturated carbocycles. The smallest absolute Gasteiger partial charge is 0.378 e. The van der Waals surface area contributed by atoms with Gasteiger partial charge in [-0.25, -0.2) is 20.5 Å². The van der Waals surface area contributed by atoms with E-state index in [1.54, 1.807) is 24.4 Å². The Bertz CT molecular complexity index is 1040. The lowest BCUT2D eigenvalue weighted by Crippen LogP contribution is -2.37. The van der Waals surface area contributed by atoms with E-state index in [0.29, 0.717) is 5.95 Å². The highest BCUT2D eigenvalue weighted by Gasteiger charge is 2.37. The molecule has 1 fully saturated rings. The predicted octanol–water partition coefficient (Wildman–Crippen LogP) is 1.80. The number of nitrogens with zero attached hydrogens (tertiary/aromatic N) is 5. The lowest BCUT2D eigenvalue weighted by Gasteiger charge is -2.31. The zero-order valence-corrected chi connectivity index (χ0v) is 19.7. The van der Waals surface area contributed by atoms with Crippen LogP contribution in [-0.2, 0) is 15.8 Å². The zero-order valence-electron chi connectivity index (χ0n) is 19.7. The van der Waals surface area contributed by atoms with Crippen LogP contribution in [0, 0.1) is 5.92 Å². The normalized spacial score (nSPS) is 15.5. The van der Waals surface area contributed by atoms with E-state index < -0.39 is 29.0 Å². The Morgan fingerprint density at radius 2 is 1.91 bits per heavy atom. The molecule has 11 nitrogen and oxygen atoms in total. The number of amides is 1. The van der Waals surface area contributed by atoms with Crippen LogP contribution in [0.4, 0.5) is 30.5 Å². The summed E-state index contributed by atoms with van der Waals surface area (Å²) >= 11 is 0. The minimum atomic E-state index is -4.84. The third kappa shape index (κ3) is 7.28. The summed E-state index contributed by atoms with van der Waals surface area (Å²) in [6.07, 6.45) is 1.43. The van der Waals surface area contributed by atoms with Crippen molar-refractivity contribution in [3.05, 3.63) is 34.5 Å². The first-order chi connectivity index (χ1) is 16.5. The number of hydrogen-bond donors (Lipinski definition) is 3. The Morgan fingerprint density at radius 3 is 2.51 bits per heavy atom. The van der Waals surface area contributed by atoms with Crippen LogP contribution in [0.2, 0.25) is 0 Å². The molecule has 3 N–H and O–H groups in total. The van der Waals surface area contributed by atoms with Gasteiger partial charge in [0.1, 0.15) is 5.56 Å². The Balaban J connectivity index is 1.39. The SMILES string of the molecule is C[C@@H](CONC(=O)CC1CCN(c2ncc(N(C)C)cn2)CC1)Nc1cn[nH]c(=O)c1C(F)(F)F. The number of carbonyl (C=O) groups excluding carboxylic acids is 1. The van der Waals surface area contributed by atoms with Crippen LogP contribution >= 0.6 is 0 Å². The van der Waals surface area contributed by atoms with Gasteiger partial charge >= 0.3 is 6.18 Å². The number of hydroxylamine groups is 1. The molecule has 0 spiro atoms. The summed E-state index contributed by atoms with van der Waals surface area (Å²) in [5.74, 6) is 0.520. The first-order valence-corrected chi connectivity index (χ1v) is 11.1. The largest absolute Gasteiger partial charge is 0.423 e. The molecule has 3 heterocycles. The lowest BCUT2D eigenvalue weighted by molar-refractivity contribution is -0.138. The Labute approximate surface area is 200 Å². The Morgan fingerprint density at radius 1 is 1.26 bits per heavy atom. The van der Waals surface area contributed by atoms with E-state index in [2.05, 4.69) is 30.8 Å². The van der Waals surface area contributed by atoms with Gasteiger partial charge in [-0.2, -0.15) is 18.3 Å². The van der Waals surface area contributed by atoms with E-state index in [1.165, 1.54) is 0 Å². The number of H-pyrrole nitrogens is 1. The molecule has 2 aromatic rings. The third-order valence-electron chi connectivity index (χ3n) is 5.57. The summed E-state index contributed by atoms with van der Waals surface area (Å²) in [4.78, 5) is 41.7. The fourth-order valence-corrected chi connectivity index (χ4v) is 3.69. The monoisotopic (exact) mass is 498 g/mol. The van der Waals surface area contributed by atoms with Gasteiger partial charge in [0, 0.05) is 39.6 Å². The van der Waals surface area contributed by atoms with Gasteiger partial charge < -0.3 is 15.1 Å². The topological polar surface area (TPSA) is 128 Å². The van der Waals surface area contributed by atoms with Gasteiger partial charge in [0.2, 0.25) is 11.9 Å². The minimum Gasteiger partial charge on any atom is -0.378 e. The first kappa shape index (κ1) is 26.2. The second-order valence-electron chi connectivity index (χ2n) is 8.64. The van der Waals surface area contributed by atoms with Crippen LogP contribution in [0.15, 0.2) is 23.4 Å². The molecule has 0 aliphatic carbocycles. The molecule has 1 aliphatic heterocycles. The van der Waals surface area contributed by atoms with E-state index in [4.69, 9.17) is 4.84 Å².